The molecule has 33 heavy (non-hydrogen) atoms. The number of aliphatic carboxylic acids is 1. The molecule has 0 aliphatic heterocycles. The highest BCUT2D eigenvalue weighted by molar-refractivity contribution is 5.74. The number of carbonyl (C=O) groups excluding carboxylic acids is 1. The van der Waals surface area contributed by atoms with E-state index in [1.54, 1.807) is 36.1 Å². The fourth-order valence-electron chi connectivity index (χ4n) is 3.17. The van der Waals surface area contributed by atoms with Gasteiger partial charge in [-0.05, 0) is 50.8 Å². The van der Waals surface area contributed by atoms with E-state index >= 15 is 0 Å². The Labute approximate surface area is 195 Å². The van der Waals surface area contributed by atoms with Crippen molar-refractivity contribution in [2.24, 2.45) is 0 Å². The molecule has 7 nitrogen and oxygen atoms in total. The van der Waals surface area contributed by atoms with Crippen molar-refractivity contribution < 1.29 is 33.0 Å². The number of amides is 2. The third-order valence-electron chi connectivity index (χ3n) is 5.01. The average Bonchev–Trinajstić information content (AvgIpc) is 2.75. The molecule has 0 spiro atoms. The predicted octanol–water partition coefficient (Wildman–Crippen LogP) is 4.73. The lowest BCUT2D eigenvalue weighted by Crippen LogP contribution is -2.43. The SMILES string of the molecule is CCCCNC(=O)N(CCCCC(C)(F)F)CCOc1ccc(CC(OCC)C(=O)O)cc1. The van der Waals surface area contributed by atoms with Crippen LogP contribution in [0.4, 0.5) is 13.6 Å². The number of ether oxygens (including phenoxy) is 2. The molecular formula is C24H38F2N2O5. The molecule has 188 valence electrons. The zero-order valence-corrected chi connectivity index (χ0v) is 19.9. The maximum atomic E-state index is 13.0. The van der Waals surface area contributed by atoms with Crippen LogP contribution in [0.15, 0.2) is 24.3 Å². The number of carboxylic acid groups (broad SMARTS) is 1. The van der Waals surface area contributed by atoms with Crippen molar-refractivity contribution in [3.8, 4) is 5.75 Å². The maximum Gasteiger partial charge on any atom is 0.333 e. The summed E-state index contributed by atoms with van der Waals surface area (Å²) in [5.74, 6) is -3.10. The van der Waals surface area contributed by atoms with Gasteiger partial charge in [0.15, 0.2) is 6.10 Å². The van der Waals surface area contributed by atoms with Crippen LogP contribution in [0, 0.1) is 0 Å². The Morgan fingerprint density at radius 1 is 1.12 bits per heavy atom. The summed E-state index contributed by atoms with van der Waals surface area (Å²) in [4.78, 5) is 25.3. The van der Waals surface area contributed by atoms with Crippen LogP contribution < -0.4 is 10.1 Å². The van der Waals surface area contributed by atoms with Gasteiger partial charge in [0.25, 0.3) is 0 Å². The average molecular weight is 473 g/mol. The number of carbonyl (C=O) groups is 2. The molecule has 1 rings (SSSR count). The zero-order chi connectivity index (χ0) is 24.7. The number of hydrogen-bond acceptors (Lipinski definition) is 4. The number of benzene rings is 1. The van der Waals surface area contributed by atoms with Gasteiger partial charge in [-0.3, -0.25) is 0 Å². The Morgan fingerprint density at radius 3 is 2.39 bits per heavy atom. The zero-order valence-electron chi connectivity index (χ0n) is 19.9. The minimum atomic E-state index is -2.70. The molecule has 0 heterocycles. The molecule has 9 heteroatoms. The van der Waals surface area contributed by atoms with Gasteiger partial charge in [-0.2, -0.15) is 0 Å². The molecule has 0 aliphatic carbocycles. The van der Waals surface area contributed by atoms with E-state index in [0.717, 1.165) is 25.3 Å². The van der Waals surface area contributed by atoms with Crippen LogP contribution in [0.1, 0.15) is 58.4 Å². The standard InChI is InChI=1S/C24H38F2N2O5/c1-4-6-14-27-23(31)28(15-8-7-13-24(3,25)26)16-17-33-20-11-9-19(10-12-20)18-21(22(29)30)32-5-2/h9-12,21H,4-8,13-18H2,1-3H3,(H,27,31)(H,29,30). The Bertz CT molecular complexity index is 695. The van der Waals surface area contributed by atoms with Crippen molar-refractivity contribution in [1.82, 2.24) is 10.2 Å². The van der Waals surface area contributed by atoms with Gasteiger partial charge in [0.2, 0.25) is 5.92 Å². The van der Waals surface area contributed by atoms with E-state index in [1.807, 2.05) is 6.92 Å². The second kappa shape index (κ2) is 15.4. The fraction of sp³-hybridized carbons (Fsp3) is 0.667. The lowest BCUT2D eigenvalue weighted by atomic mass is 10.1. The van der Waals surface area contributed by atoms with Crippen LogP contribution in [0.5, 0.6) is 5.75 Å². The van der Waals surface area contributed by atoms with Crippen molar-refractivity contribution in [3.63, 3.8) is 0 Å². The minimum absolute atomic E-state index is 0.201. The van der Waals surface area contributed by atoms with Crippen LogP contribution in [0.3, 0.4) is 0 Å². The Morgan fingerprint density at radius 2 is 1.82 bits per heavy atom. The highest BCUT2D eigenvalue weighted by Crippen LogP contribution is 2.20. The molecule has 1 aromatic rings. The third-order valence-corrected chi connectivity index (χ3v) is 5.01. The molecule has 2 amide bonds. The van der Waals surface area contributed by atoms with Crippen LogP contribution in [0.2, 0.25) is 0 Å². The number of hydrogen-bond donors (Lipinski definition) is 2. The quantitative estimate of drug-likeness (QED) is 0.320. The summed E-state index contributed by atoms with van der Waals surface area (Å²) in [7, 11) is 0. The van der Waals surface area contributed by atoms with Gasteiger partial charge in [-0.15, -0.1) is 0 Å². The lowest BCUT2D eigenvalue weighted by Gasteiger charge is -2.23. The molecule has 0 aliphatic rings. The number of urea groups is 1. The molecule has 1 atom stereocenters. The summed E-state index contributed by atoms with van der Waals surface area (Å²) in [5.41, 5.74) is 0.813. The first-order valence-electron chi connectivity index (χ1n) is 11.6. The van der Waals surface area contributed by atoms with E-state index in [2.05, 4.69) is 5.32 Å². The number of unbranched alkanes of at least 4 members (excludes halogenated alkanes) is 2. The number of nitrogens with zero attached hydrogens (tertiary/aromatic N) is 1. The monoisotopic (exact) mass is 472 g/mol. The minimum Gasteiger partial charge on any atom is -0.492 e. The highest BCUT2D eigenvalue weighted by Gasteiger charge is 2.21. The first-order valence-corrected chi connectivity index (χ1v) is 11.6. The molecule has 1 aromatic carbocycles. The summed E-state index contributed by atoms with van der Waals surface area (Å²) in [6, 6.07) is 6.83. The number of nitrogens with one attached hydrogen (secondary N) is 1. The van der Waals surface area contributed by atoms with E-state index in [0.29, 0.717) is 44.8 Å². The molecule has 0 radical (unpaired) electrons. The first kappa shape index (κ1) is 28.6. The van der Waals surface area contributed by atoms with Crippen molar-refractivity contribution in [3.05, 3.63) is 29.8 Å². The summed E-state index contributed by atoms with van der Waals surface area (Å²) in [5, 5.41) is 12.1. The molecule has 1 unspecified atom stereocenters. The summed E-state index contributed by atoms with van der Waals surface area (Å²) in [6.07, 6.45) is 1.82. The van der Waals surface area contributed by atoms with E-state index in [1.165, 1.54) is 0 Å². The van der Waals surface area contributed by atoms with E-state index in [9.17, 15) is 23.5 Å². The molecule has 0 saturated heterocycles. The van der Waals surface area contributed by atoms with Crippen LogP contribution in [-0.2, 0) is 16.0 Å². The first-order chi connectivity index (χ1) is 15.7. The third kappa shape index (κ3) is 13.0. The van der Waals surface area contributed by atoms with Crippen LogP contribution in [0.25, 0.3) is 0 Å². The fourth-order valence-corrected chi connectivity index (χ4v) is 3.17. The molecule has 0 saturated carbocycles. The maximum absolute atomic E-state index is 13.0. The van der Waals surface area contributed by atoms with Gasteiger partial charge in [0.1, 0.15) is 12.4 Å². The molecule has 0 aromatic heterocycles. The number of carboxylic acids is 1. The second-order valence-electron chi connectivity index (χ2n) is 8.08. The van der Waals surface area contributed by atoms with E-state index in [4.69, 9.17) is 9.47 Å². The van der Waals surface area contributed by atoms with Gasteiger partial charge in [-0.1, -0.05) is 25.5 Å². The molecule has 0 bridgehead atoms. The molecular weight excluding hydrogens is 434 g/mol. The Hall–Kier alpha value is -2.42. The predicted molar refractivity (Wildman–Crippen MR) is 123 cm³/mol. The molecule has 0 fully saturated rings. The summed E-state index contributed by atoms with van der Waals surface area (Å²) >= 11 is 0. The Kier molecular flexibility index (Phi) is 13.4. The summed E-state index contributed by atoms with van der Waals surface area (Å²) < 4.78 is 37.0. The Balaban J connectivity index is 2.55. The van der Waals surface area contributed by atoms with Crippen molar-refractivity contribution >= 4 is 12.0 Å². The summed E-state index contributed by atoms with van der Waals surface area (Å²) in [6.45, 7) is 6.53. The van der Waals surface area contributed by atoms with Crippen molar-refractivity contribution in [2.75, 3.05) is 32.8 Å². The van der Waals surface area contributed by atoms with Gasteiger partial charge < -0.3 is 24.8 Å². The lowest BCUT2D eigenvalue weighted by molar-refractivity contribution is -0.149. The second-order valence-corrected chi connectivity index (χ2v) is 8.08. The van der Waals surface area contributed by atoms with Crippen molar-refractivity contribution in [1.29, 1.82) is 0 Å². The van der Waals surface area contributed by atoms with Crippen LogP contribution in [-0.4, -0.2) is 66.9 Å². The normalized spacial score (nSPS) is 12.3. The highest BCUT2D eigenvalue weighted by atomic mass is 19.3. The molecule has 2 N–H and O–H groups in total. The van der Waals surface area contributed by atoms with Gasteiger partial charge in [0, 0.05) is 32.5 Å². The number of alkyl halides is 2. The smallest absolute Gasteiger partial charge is 0.333 e. The van der Waals surface area contributed by atoms with Crippen molar-refractivity contribution in [2.45, 2.75) is 71.3 Å². The van der Waals surface area contributed by atoms with Gasteiger partial charge in [-0.25, -0.2) is 18.4 Å². The van der Waals surface area contributed by atoms with Gasteiger partial charge in [0.05, 0.1) is 6.54 Å². The largest absolute Gasteiger partial charge is 0.492 e. The topological polar surface area (TPSA) is 88.1 Å². The van der Waals surface area contributed by atoms with Crippen LogP contribution >= 0.6 is 0 Å². The number of rotatable bonds is 17. The van der Waals surface area contributed by atoms with E-state index < -0.39 is 18.0 Å². The van der Waals surface area contributed by atoms with E-state index in [-0.39, 0.29) is 25.5 Å². The van der Waals surface area contributed by atoms with Gasteiger partial charge >= 0.3 is 12.0 Å². The number of halogens is 2.